The van der Waals surface area contributed by atoms with Crippen LogP contribution in [-0.4, -0.2) is 24.1 Å². The minimum atomic E-state index is -0.809. The molecule has 0 saturated heterocycles. The van der Waals surface area contributed by atoms with Gasteiger partial charge >= 0.3 is 0 Å². The Kier molecular flexibility index (Phi) is 9.55. The molecule has 35 heavy (non-hydrogen) atoms. The Morgan fingerprint density at radius 1 is 0.943 bits per heavy atom. The van der Waals surface area contributed by atoms with Crippen LogP contribution in [0.1, 0.15) is 35.3 Å². The molecule has 0 radical (unpaired) electrons. The van der Waals surface area contributed by atoms with E-state index in [1.54, 1.807) is 42.5 Å². The van der Waals surface area contributed by atoms with E-state index in [9.17, 15) is 9.59 Å². The highest BCUT2D eigenvalue weighted by Crippen LogP contribution is 2.23. The van der Waals surface area contributed by atoms with Gasteiger partial charge in [-0.05, 0) is 60.0 Å². The van der Waals surface area contributed by atoms with Gasteiger partial charge in [-0.1, -0.05) is 66.8 Å². The summed E-state index contributed by atoms with van der Waals surface area (Å²) in [6.45, 7) is 3.94. The zero-order chi connectivity index (χ0) is 25.4. The summed E-state index contributed by atoms with van der Waals surface area (Å²) in [5.41, 5.74) is 4.32. The quantitative estimate of drug-likeness (QED) is 0.257. The largest absolute Gasteiger partial charge is 0.488 e. The highest BCUT2D eigenvalue weighted by molar-refractivity contribution is 6.31. The third-order valence-corrected chi connectivity index (χ3v) is 5.66. The van der Waals surface area contributed by atoms with Crippen molar-refractivity contribution in [3.63, 3.8) is 0 Å². The van der Waals surface area contributed by atoms with Gasteiger partial charge in [0.15, 0.2) is 0 Å². The number of amides is 2. The molecule has 2 N–H and O–H groups in total. The van der Waals surface area contributed by atoms with E-state index in [2.05, 4.69) is 15.8 Å². The molecule has 0 bridgehead atoms. The van der Waals surface area contributed by atoms with Gasteiger partial charge in [-0.3, -0.25) is 9.59 Å². The van der Waals surface area contributed by atoms with Crippen LogP contribution in [0.4, 0.5) is 0 Å². The van der Waals surface area contributed by atoms with Gasteiger partial charge in [0.25, 0.3) is 11.8 Å². The van der Waals surface area contributed by atoms with Crippen molar-refractivity contribution < 1.29 is 14.3 Å². The summed E-state index contributed by atoms with van der Waals surface area (Å²) < 4.78 is 5.90. The van der Waals surface area contributed by atoms with Crippen LogP contribution >= 0.6 is 34.8 Å². The summed E-state index contributed by atoms with van der Waals surface area (Å²) in [4.78, 5) is 25.3. The first kappa shape index (κ1) is 26.5. The Labute approximate surface area is 219 Å². The third-order valence-electron chi connectivity index (χ3n) is 4.96. The maximum absolute atomic E-state index is 12.8. The number of carbonyl (C=O) groups is 2. The molecule has 3 aromatic rings. The second-order valence-electron chi connectivity index (χ2n) is 8.04. The molecule has 182 valence electrons. The third kappa shape index (κ3) is 7.99. The van der Waals surface area contributed by atoms with Crippen LogP contribution < -0.4 is 15.5 Å². The predicted molar refractivity (Wildman–Crippen MR) is 141 cm³/mol. The number of rotatable bonds is 9. The van der Waals surface area contributed by atoms with Gasteiger partial charge in [0.05, 0.1) is 6.21 Å². The van der Waals surface area contributed by atoms with E-state index >= 15 is 0 Å². The molecule has 9 heteroatoms. The Morgan fingerprint density at radius 3 is 2.31 bits per heavy atom. The Bertz CT molecular complexity index is 1230. The average molecular weight is 533 g/mol. The fraction of sp³-hybridized carbons (Fsp3) is 0.192. The molecule has 0 aromatic heterocycles. The molecule has 0 spiro atoms. The first-order valence-corrected chi connectivity index (χ1v) is 11.9. The number of hydrogen-bond donors (Lipinski definition) is 2. The summed E-state index contributed by atoms with van der Waals surface area (Å²) in [6.07, 6.45) is 1.44. The highest BCUT2D eigenvalue weighted by Gasteiger charge is 2.24. The molecule has 0 heterocycles. The molecule has 1 unspecified atom stereocenters. The summed E-state index contributed by atoms with van der Waals surface area (Å²) in [6, 6.07) is 18.1. The Morgan fingerprint density at radius 2 is 1.63 bits per heavy atom. The van der Waals surface area contributed by atoms with Crippen molar-refractivity contribution in [2.24, 2.45) is 11.0 Å². The van der Waals surface area contributed by atoms with Crippen molar-refractivity contribution in [2.45, 2.75) is 26.5 Å². The molecular weight excluding hydrogens is 509 g/mol. The van der Waals surface area contributed by atoms with E-state index < -0.39 is 17.9 Å². The molecule has 1 atom stereocenters. The first-order valence-electron chi connectivity index (χ1n) is 10.8. The minimum Gasteiger partial charge on any atom is -0.488 e. The van der Waals surface area contributed by atoms with Crippen molar-refractivity contribution in [3.05, 3.63) is 98.5 Å². The zero-order valence-corrected chi connectivity index (χ0v) is 21.4. The molecule has 3 aromatic carbocycles. The fourth-order valence-corrected chi connectivity index (χ4v) is 3.75. The molecule has 0 aliphatic rings. The molecule has 0 aliphatic heterocycles. The molecule has 0 aliphatic carbocycles. The zero-order valence-electron chi connectivity index (χ0n) is 19.1. The summed E-state index contributed by atoms with van der Waals surface area (Å²) in [5.74, 6) is -0.523. The molecule has 6 nitrogen and oxygen atoms in total. The molecule has 0 fully saturated rings. The van der Waals surface area contributed by atoms with E-state index in [-0.39, 0.29) is 5.92 Å². The SMILES string of the molecule is CC(C)C(NC(=O)c1cccc(Cl)c1)C(=O)N/N=C\c1cc(Cl)ccc1OCc1cccc(Cl)c1. The van der Waals surface area contributed by atoms with Crippen LogP contribution in [0.15, 0.2) is 71.8 Å². The van der Waals surface area contributed by atoms with Gasteiger partial charge in [0.2, 0.25) is 0 Å². The fourth-order valence-electron chi connectivity index (χ4n) is 3.16. The number of nitrogens with one attached hydrogen (secondary N) is 2. The van der Waals surface area contributed by atoms with E-state index in [1.165, 1.54) is 12.3 Å². The lowest BCUT2D eigenvalue weighted by Crippen LogP contribution is -2.48. The number of hydrogen-bond acceptors (Lipinski definition) is 4. The van der Waals surface area contributed by atoms with Gasteiger partial charge in [0, 0.05) is 26.2 Å². The van der Waals surface area contributed by atoms with Gasteiger partial charge < -0.3 is 10.1 Å². The monoisotopic (exact) mass is 531 g/mol. The van der Waals surface area contributed by atoms with Crippen molar-refractivity contribution in [1.82, 2.24) is 10.7 Å². The average Bonchev–Trinajstić information content (AvgIpc) is 2.81. The van der Waals surface area contributed by atoms with Crippen molar-refractivity contribution in [1.29, 1.82) is 0 Å². The number of nitrogens with zero attached hydrogens (tertiary/aromatic N) is 1. The van der Waals surface area contributed by atoms with Gasteiger partial charge in [0.1, 0.15) is 18.4 Å². The van der Waals surface area contributed by atoms with Crippen LogP contribution in [0, 0.1) is 5.92 Å². The van der Waals surface area contributed by atoms with E-state index in [1.807, 2.05) is 32.0 Å². The second kappa shape index (κ2) is 12.6. The lowest BCUT2D eigenvalue weighted by Gasteiger charge is -2.20. The standard InChI is InChI=1S/C26H24Cl3N3O3/c1-16(2)24(31-25(33)18-6-4-8-21(28)12-18)26(34)32-30-14-19-13-22(29)9-10-23(19)35-15-17-5-3-7-20(27)11-17/h3-14,16,24H,15H2,1-2H3,(H,31,33)(H,32,34)/b30-14-. The van der Waals surface area contributed by atoms with Gasteiger partial charge in [-0.15, -0.1) is 0 Å². The minimum absolute atomic E-state index is 0.184. The Balaban J connectivity index is 1.66. The van der Waals surface area contributed by atoms with Crippen molar-refractivity contribution in [3.8, 4) is 5.75 Å². The normalized spacial score (nSPS) is 11.9. The first-order chi connectivity index (χ1) is 16.7. The maximum Gasteiger partial charge on any atom is 0.262 e. The molecule has 0 saturated carbocycles. The number of benzene rings is 3. The Hall–Kier alpha value is -3.06. The van der Waals surface area contributed by atoms with Gasteiger partial charge in [-0.25, -0.2) is 5.43 Å². The lowest BCUT2D eigenvalue weighted by molar-refractivity contribution is -0.123. The number of ether oxygens (including phenoxy) is 1. The summed E-state index contributed by atoms with van der Waals surface area (Å²) in [7, 11) is 0. The lowest BCUT2D eigenvalue weighted by atomic mass is 10.0. The van der Waals surface area contributed by atoms with Crippen LogP contribution in [0.5, 0.6) is 5.75 Å². The van der Waals surface area contributed by atoms with E-state index in [0.717, 1.165) is 5.56 Å². The molecular formula is C26H24Cl3N3O3. The number of hydrazone groups is 1. The topological polar surface area (TPSA) is 79.8 Å². The highest BCUT2D eigenvalue weighted by atomic mass is 35.5. The van der Waals surface area contributed by atoms with Crippen molar-refractivity contribution >= 4 is 52.8 Å². The number of halogens is 3. The van der Waals surface area contributed by atoms with Crippen LogP contribution in [0.25, 0.3) is 0 Å². The van der Waals surface area contributed by atoms with Crippen LogP contribution in [-0.2, 0) is 11.4 Å². The second-order valence-corrected chi connectivity index (χ2v) is 9.35. The van der Waals surface area contributed by atoms with Gasteiger partial charge in [-0.2, -0.15) is 5.10 Å². The summed E-state index contributed by atoms with van der Waals surface area (Å²) >= 11 is 18.1. The summed E-state index contributed by atoms with van der Waals surface area (Å²) in [5, 5.41) is 8.33. The molecule has 2 amide bonds. The van der Waals surface area contributed by atoms with Crippen molar-refractivity contribution in [2.75, 3.05) is 0 Å². The maximum atomic E-state index is 12.8. The van der Waals surface area contributed by atoms with E-state index in [0.29, 0.717) is 38.6 Å². The van der Waals surface area contributed by atoms with Crippen LogP contribution in [0.3, 0.4) is 0 Å². The van der Waals surface area contributed by atoms with E-state index in [4.69, 9.17) is 39.5 Å². The molecule has 3 rings (SSSR count). The predicted octanol–water partition coefficient (Wildman–Crippen LogP) is 6.13. The van der Waals surface area contributed by atoms with Crippen LogP contribution in [0.2, 0.25) is 15.1 Å². The number of carbonyl (C=O) groups excluding carboxylic acids is 2. The smallest absolute Gasteiger partial charge is 0.262 e.